The van der Waals surface area contributed by atoms with E-state index in [-0.39, 0.29) is 19.1 Å². The SMILES string of the molecule is CCOC(=O)c1ccc(NC(=O)CN2C(=O)C(=Cc3ccc(OCC)cc3)SC2=S)cc1. The minimum Gasteiger partial charge on any atom is -0.494 e. The number of thioether (sulfide) groups is 1. The van der Waals surface area contributed by atoms with Crippen molar-refractivity contribution < 1.29 is 23.9 Å². The molecule has 2 aromatic rings. The number of nitrogens with zero attached hydrogens (tertiary/aromatic N) is 1. The van der Waals surface area contributed by atoms with Crippen LogP contribution in [0.2, 0.25) is 0 Å². The highest BCUT2D eigenvalue weighted by Gasteiger charge is 2.33. The van der Waals surface area contributed by atoms with Gasteiger partial charge in [0, 0.05) is 5.69 Å². The number of nitrogens with one attached hydrogen (secondary N) is 1. The lowest BCUT2D eigenvalue weighted by Gasteiger charge is -2.14. The smallest absolute Gasteiger partial charge is 0.338 e. The summed E-state index contributed by atoms with van der Waals surface area (Å²) < 4.78 is 10.7. The standard InChI is InChI=1S/C23H22N2O5S2/c1-3-29-18-11-5-15(6-12-18)13-19-21(27)25(23(31)32-19)14-20(26)24-17-9-7-16(8-10-17)22(28)30-4-2/h5-13H,3-4,14H2,1-2H3,(H,24,26). The van der Waals surface area contributed by atoms with E-state index in [1.165, 1.54) is 4.90 Å². The summed E-state index contributed by atoms with van der Waals surface area (Å²) in [6, 6.07) is 13.7. The molecule has 0 aromatic heterocycles. The Morgan fingerprint density at radius 1 is 1.06 bits per heavy atom. The Morgan fingerprint density at radius 2 is 1.75 bits per heavy atom. The van der Waals surface area contributed by atoms with Crippen LogP contribution in [0.25, 0.3) is 6.08 Å². The van der Waals surface area contributed by atoms with Gasteiger partial charge in [-0.05, 0) is 61.9 Å². The van der Waals surface area contributed by atoms with Crippen molar-refractivity contribution in [2.45, 2.75) is 13.8 Å². The normalized spacial score (nSPS) is 14.6. The maximum absolute atomic E-state index is 12.8. The van der Waals surface area contributed by atoms with E-state index in [9.17, 15) is 14.4 Å². The molecule has 1 fully saturated rings. The zero-order chi connectivity index (χ0) is 23.1. The van der Waals surface area contributed by atoms with E-state index in [1.807, 2.05) is 31.2 Å². The fourth-order valence-electron chi connectivity index (χ4n) is 2.86. The number of rotatable bonds is 8. The van der Waals surface area contributed by atoms with Gasteiger partial charge in [0.2, 0.25) is 5.91 Å². The first-order valence-corrected chi connectivity index (χ1v) is 11.2. The number of hydrogen-bond donors (Lipinski definition) is 1. The Labute approximate surface area is 195 Å². The second-order valence-electron chi connectivity index (χ2n) is 6.62. The molecule has 0 aliphatic carbocycles. The molecule has 3 rings (SSSR count). The molecule has 9 heteroatoms. The number of benzene rings is 2. The molecule has 1 aliphatic heterocycles. The molecule has 1 aliphatic rings. The third kappa shape index (κ3) is 5.95. The molecule has 0 atom stereocenters. The predicted octanol–water partition coefficient (Wildman–Crippen LogP) is 4.10. The van der Waals surface area contributed by atoms with Crippen molar-refractivity contribution in [1.29, 1.82) is 0 Å². The Balaban J connectivity index is 1.61. The summed E-state index contributed by atoms with van der Waals surface area (Å²) in [6.45, 7) is 4.30. The molecule has 1 N–H and O–H groups in total. The van der Waals surface area contributed by atoms with Crippen LogP contribution in [0.15, 0.2) is 53.4 Å². The van der Waals surface area contributed by atoms with Crippen molar-refractivity contribution in [1.82, 2.24) is 4.90 Å². The molecule has 0 radical (unpaired) electrons. The quantitative estimate of drug-likeness (QED) is 0.353. The summed E-state index contributed by atoms with van der Waals surface area (Å²) in [5, 5.41) is 2.70. The average Bonchev–Trinajstić information content (AvgIpc) is 3.03. The number of ether oxygens (including phenoxy) is 2. The van der Waals surface area contributed by atoms with E-state index < -0.39 is 11.9 Å². The lowest BCUT2D eigenvalue weighted by Crippen LogP contribution is -2.36. The summed E-state index contributed by atoms with van der Waals surface area (Å²) >= 11 is 6.45. The fourth-order valence-corrected chi connectivity index (χ4v) is 4.12. The van der Waals surface area contributed by atoms with E-state index in [4.69, 9.17) is 21.7 Å². The summed E-state index contributed by atoms with van der Waals surface area (Å²) in [5.41, 5.74) is 1.72. The molecule has 0 unspecified atom stereocenters. The van der Waals surface area contributed by atoms with Gasteiger partial charge in [-0.2, -0.15) is 0 Å². The molecular weight excluding hydrogens is 448 g/mol. The van der Waals surface area contributed by atoms with Crippen LogP contribution in [0.3, 0.4) is 0 Å². The highest BCUT2D eigenvalue weighted by molar-refractivity contribution is 8.26. The van der Waals surface area contributed by atoms with Crippen LogP contribution in [0.4, 0.5) is 5.69 Å². The second-order valence-corrected chi connectivity index (χ2v) is 8.29. The minimum absolute atomic E-state index is 0.203. The third-order valence-electron chi connectivity index (χ3n) is 4.34. The van der Waals surface area contributed by atoms with E-state index in [2.05, 4.69) is 5.32 Å². The molecule has 0 spiro atoms. The minimum atomic E-state index is -0.428. The fraction of sp³-hybridized carbons (Fsp3) is 0.217. The first kappa shape index (κ1) is 23.5. The molecular formula is C23H22N2O5S2. The summed E-state index contributed by atoms with van der Waals surface area (Å²) in [4.78, 5) is 38.6. The number of anilines is 1. The Morgan fingerprint density at radius 3 is 2.38 bits per heavy atom. The maximum atomic E-state index is 12.8. The Hall–Kier alpha value is -3.17. The number of esters is 1. The summed E-state index contributed by atoms with van der Waals surface area (Å²) in [5.74, 6) is -0.388. The van der Waals surface area contributed by atoms with Crippen LogP contribution in [0, 0.1) is 0 Å². The van der Waals surface area contributed by atoms with Gasteiger partial charge in [0.05, 0.1) is 23.7 Å². The molecule has 0 bridgehead atoms. The van der Waals surface area contributed by atoms with Crippen LogP contribution in [0.5, 0.6) is 5.75 Å². The Kier molecular flexibility index (Phi) is 8.02. The van der Waals surface area contributed by atoms with E-state index in [1.54, 1.807) is 37.3 Å². The van der Waals surface area contributed by atoms with Gasteiger partial charge < -0.3 is 14.8 Å². The summed E-state index contributed by atoms with van der Waals surface area (Å²) in [6.07, 6.45) is 1.74. The van der Waals surface area contributed by atoms with Crippen molar-refractivity contribution in [2.75, 3.05) is 25.1 Å². The van der Waals surface area contributed by atoms with Gasteiger partial charge in [-0.15, -0.1) is 0 Å². The monoisotopic (exact) mass is 470 g/mol. The van der Waals surface area contributed by atoms with E-state index in [0.717, 1.165) is 23.1 Å². The number of carbonyl (C=O) groups is 3. The van der Waals surface area contributed by atoms with Crippen LogP contribution < -0.4 is 10.1 Å². The molecule has 2 amide bonds. The highest BCUT2D eigenvalue weighted by atomic mass is 32.2. The molecule has 2 aromatic carbocycles. The maximum Gasteiger partial charge on any atom is 0.338 e. The van der Waals surface area contributed by atoms with Crippen molar-refractivity contribution in [2.24, 2.45) is 0 Å². The Bertz CT molecular complexity index is 1050. The molecule has 1 saturated heterocycles. The zero-order valence-corrected chi connectivity index (χ0v) is 19.3. The van der Waals surface area contributed by atoms with Gasteiger partial charge in [-0.25, -0.2) is 4.79 Å². The van der Waals surface area contributed by atoms with Crippen LogP contribution >= 0.6 is 24.0 Å². The molecule has 32 heavy (non-hydrogen) atoms. The van der Waals surface area contributed by atoms with Crippen LogP contribution in [0.1, 0.15) is 29.8 Å². The molecule has 166 valence electrons. The zero-order valence-electron chi connectivity index (χ0n) is 17.6. The van der Waals surface area contributed by atoms with Gasteiger partial charge in [0.25, 0.3) is 5.91 Å². The van der Waals surface area contributed by atoms with Crippen molar-refractivity contribution >= 4 is 57.8 Å². The van der Waals surface area contributed by atoms with Gasteiger partial charge in [0.1, 0.15) is 16.6 Å². The van der Waals surface area contributed by atoms with Gasteiger partial charge in [-0.1, -0.05) is 36.1 Å². The molecule has 0 saturated carbocycles. The van der Waals surface area contributed by atoms with Gasteiger partial charge in [-0.3, -0.25) is 14.5 Å². The largest absolute Gasteiger partial charge is 0.494 e. The van der Waals surface area contributed by atoms with Gasteiger partial charge >= 0.3 is 5.97 Å². The number of amides is 2. The first-order valence-electron chi connectivity index (χ1n) is 9.96. The predicted molar refractivity (Wildman–Crippen MR) is 129 cm³/mol. The molecule has 1 heterocycles. The van der Waals surface area contributed by atoms with Crippen molar-refractivity contribution in [3.63, 3.8) is 0 Å². The lowest BCUT2D eigenvalue weighted by atomic mass is 10.2. The molecule has 7 nitrogen and oxygen atoms in total. The van der Waals surface area contributed by atoms with E-state index >= 15 is 0 Å². The second kappa shape index (κ2) is 10.9. The third-order valence-corrected chi connectivity index (χ3v) is 5.72. The van der Waals surface area contributed by atoms with Crippen LogP contribution in [-0.4, -0.2) is 46.8 Å². The van der Waals surface area contributed by atoms with Crippen LogP contribution in [-0.2, 0) is 14.3 Å². The highest BCUT2D eigenvalue weighted by Crippen LogP contribution is 2.32. The first-order chi connectivity index (χ1) is 15.4. The summed E-state index contributed by atoms with van der Waals surface area (Å²) in [7, 11) is 0. The average molecular weight is 471 g/mol. The number of hydrogen-bond acceptors (Lipinski definition) is 7. The number of thiocarbonyl (C=S) groups is 1. The van der Waals surface area contributed by atoms with Crippen molar-refractivity contribution in [3.8, 4) is 5.75 Å². The van der Waals surface area contributed by atoms with Gasteiger partial charge in [0.15, 0.2) is 0 Å². The number of carbonyl (C=O) groups excluding carboxylic acids is 3. The lowest BCUT2D eigenvalue weighted by molar-refractivity contribution is -0.126. The van der Waals surface area contributed by atoms with Crippen molar-refractivity contribution in [3.05, 3.63) is 64.6 Å². The van der Waals surface area contributed by atoms with E-state index in [0.29, 0.717) is 27.1 Å². The topological polar surface area (TPSA) is 84.9 Å².